The van der Waals surface area contributed by atoms with Gasteiger partial charge in [0.1, 0.15) is 0 Å². The fourth-order valence-corrected chi connectivity index (χ4v) is 0.466. The summed E-state index contributed by atoms with van der Waals surface area (Å²) in [4.78, 5) is 17.7. The van der Waals surface area contributed by atoms with Crippen molar-refractivity contribution in [2.45, 2.75) is 0 Å². The fourth-order valence-electron chi connectivity index (χ4n) is 0.466. The van der Waals surface area contributed by atoms with Crippen LogP contribution in [0.5, 0.6) is 5.88 Å². The minimum absolute atomic E-state index is 0.283. The molecule has 0 saturated carbocycles. The van der Waals surface area contributed by atoms with Crippen LogP contribution < -0.4 is 4.84 Å². The Morgan fingerprint density at radius 3 is 3.10 bits per heavy atom. The summed E-state index contributed by atoms with van der Waals surface area (Å²) >= 11 is 0. The molecule has 0 aliphatic heterocycles. The molecular formula is C6H4N2O2. The van der Waals surface area contributed by atoms with Crippen molar-refractivity contribution < 1.29 is 9.63 Å². The van der Waals surface area contributed by atoms with Crippen molar-refractivity contribution in [1.29, 1.82) is 0 Å². The first-order valence-electron chi connectivity index (χ1n) is 2.58. The van der Waals surface area contributed by atoms with Crippen LogP contribution in [0.4, 0.5) is 0 Å². The van der Waals surface area contributed by atoms with E-state index in [1.165, 1.54) is 12.3 Å². The van der Waals surface area contributed by atoms with Crippen LogP contribution >= 0.6 is 0 Å². The molecule has 0 amide bonds. The van der Waals surface area contributed by atoms with Gasteiger partial charge in [0.2, 0.25) is 5.88 Å². The van der Waals surface area contributed by atoms with Gasteiger partial charge in [0.05, 0.1) is 0 Å². The molecule has 1 aromatic heterocycles. The Labute approximate surface area is 57.1 Å². The number of isocyanates is 1. The molecule has 1 rings (SSSR count). The standard InChI is InChI=1S/C6H4N2O2/c9-5-8-10-6-3-1-2-4-7-6/h1-4H. The van der Waals surface area contributed by atoms with Gasteiger partial charge in [-0.3, -0.25) is 0 Å². The van der Waals surface area contributed by atoms with Gasteiger partial charge < -0.3 is 4.84 Å². The molecule has 0 saturated heterocycles. The molecule has 50 valence electrons. The van der Waals surface area contributed by atoms with Gasteiger partial charge in [-0.25, -0.2) is 9.78 Å². The maximum atomic E-state index is 9.53. The van der Waals surface area contributed by atoms with Crippen LogP contribution in [0.15, 0.2) is 29.6 Å². The van der Waals surface area contributed by atoms with Gasteiger partial charge in [0.25, 0.3) is 6.08 Å². The van der Waals surface area contributed by atoms with Crippen molar-refractivity contribution >= 4 is 6.08 Å². The Morgan fingerprint density at radius 1 is 1.60 bits per heavy atom. The molecule has 0 aromatic carbocycles. The third-order valence-electron chi connectivity index (χ3n) is 0.814. The van der Waals surface area contributed by atoms with E-state index in [0.29, 0.717) is 0 Å². The first-order valence-corrected chi connectivity index (χ1v) is 2.58. The minimum atomic E-state index is 0.283. The van der Waals surface area contributed by atoms with Crippen molar-refractivity contribution in [2.24, 2.45) is 5.16 Å². The van der Waals surface area contributed by atoms with Crippen molar-refractivity contribution in [3.63, 3.8) is 0 Å². The average Bonchev–Trinajstić information content (AvgIpc) is 2.03. The molecule has 0 unspecified atom stereocenters. The van der Waals surface area contributed by atoms with E-state index in [4.69, 9.17) is 0 Å². The lowest BCUT2D eigenvalue weighted by atomic mass is 10.5. The second kappa shape index (κ2) is 3.37. The third-order valence-corrected chi connectivity index (χ3v) is 0.814. The predicted octanol–water partition coefficient (Wildman–Crippen LogP) is 0.711. The molecule has 0 atom stereocenters. The Balaban J connectivity index is 2.67. The van der Waals surface area contributed by atoms with E-state index in [0.717, 1.165) is 0 Å². The highest BCUT2D eigenvalue weighted by molar-refractivity contribution is 5.31. The van der Waals surface area contributed by atoms with Crippen LogP contribution in [0.3, 0.4) is 0 Å². The Hall–Kier alpha value is -1.67. The molecule has 0 N–H and O–H groups in total. The Bertz CT molecular complexity index is 241. The van der Waals surface area contributed by atoms with Crippen molar-refractivity contribution in [1.82, 2.24) is 4.98 Å². The van der Waals surface area contributed by atoms with Crippen molar-refractivity contribution in [3.05, 3.63) is 24.4 Å². The number of rotatable bonds is 2. The summed E-state index contributed by atoms with van der Waals surface area (Å²) in [6, 6.07) is 5.04. The van der Waals surface area contributed by atoms with Crippen molar-refractivity contribution in [2.75, 3.05) is 0 Å². The SMILES string of the molecule is O=C=NOc1ccccn1. The van der Waals surface area contributed by atoms with Crippen LogP contribution in [0, 0.1) is 0 Å². The Kier molecular flexibility index (Phi) is 2.18. The molecule has 1 aromatic rings. The van der Waals surface area contributed by atoms with Crippen LogP contribution in [0.25, 0.3) is 0 Å². The van der Waals surface area contributed by atoms with Crippen LogP contribution in [0.1, 0.15) is 0 Å². The molecule has 4 nitrogen and oxygen atoms in total. The van der Waals surface area contributed by atoms with E-state index in [1.54, 1.807) is 18.2 Å². The number of pyridine rings is 1. The number of hydrogen-bond acceptors (Lipinski definition) is 4. The number of nitrogens with zero attached hydrogens (tertiary/aromatic N) is 2. The summed E-state index contributed by atoms with van der Waals surface area (Å²) in [6.45, 7) is 0. The average molecular weight is 136 g/mol. The van der Waals surface area contributed by atoms with E-state index < -0.39 is 0 Å². The first kappa shape index (κ1) is 6.45. The smallest absolute Gasteiger partial charge is 0.277 e. The molecule has 10 heavy (non-hydrogen) atoms. The lowest BCUT2D eigenvalue weighted by Crippen LogP contribution is -1.83. The van der Waals surface area contributed by atoms with E-state index >= 15 is 0 Å². The van der Waals surface area contributed by atoms with Gasteiger partial charge in [-0.2, -0.15) is 0 Å². The zero-order valence-electron chi connectivity index (χ0n) is 5.02. The second-order valence-corrected chi connectivity index (χ2v) is 1.44. The largest absolute Gasteiger partial charge is 0.325 e. The quantitative estimate of drug-likeness (QED) is 0.342. The number of carbonyl (C=O) groups excluding carboxylic acids is 1. The monoisotopic (exact) mass is 136 g/mol. The van der Waals surface area contributed by atoms with E-state index in [-0.39, 0.29) is 5.88 Å². The minimum Gasteiger partial charge on any atom is -0.325 e. The highest BCUT2D eigenvalue weighted by atomic mass is 16.6. The summed E-state index contributed by atoms with van der Waals surface area (Å²) in [5, 5.41) is 2.87. The molecule has 0 aliphatic rings. The van der Waals surface area contributed by atoms with E-state index in [2.05, 4.69) is 15.0 Å². The first-order chi connectivity index (χ1) is 4.93. The number of aromatic nitrogens is 1. The summed E-state index contributed by atoms with van der Waals surface area (Å²) in [5.74, 6) is 0.283. The fraction of sp³-hybridized carbons (Fsp3) is 0. The van der Waals surface area contributed by atoms with Crippen LogP contribution in [-0.4, -0.2) is 11.1 Å². The predicted molar refractivity (Wildman–Crippen MR) is 33.0 cm³/mol. The second-order valence-electron chi connectivity index (χ2n) is 1.44. The van der Waals surface area contributed by atoms with Gasteiger partial charge >= 0.3 is 0 Å². The molecule has 0 spiro atoms. The highest BCUT2D eigenvalue weighted by Crippen LogP contribution is 2.01. The van der Waals surface area contributed by atoms with E-state index in [1.807, 2.05) is 0 Å². The molecule has 1 heterocycles. The van der Waals surface area contributed by atoms with Crippen molar-refractivity contribution in [3.8, 4) is 5.88 Å². The van der Waals surface area contributed by atoms with Crippen LogP contribution in [-0.2, 0) is 4.79 Å². The topological polar surface area (TPSA) is 51.5 Å². The maximum Gasteiger partial charge on any atom is 0.277 e. The van der Waals surface area contributed by atoms with Gasteiger partial charge in [-0.05, 0) is 6.07 Å². The number of hydrogen-bond donors (Lipinski definition) is 0. The van der Waals surface area contributed by atoms with Crippen LogP contribution in [0.2, 0.25) is 0 Å². The molecule has 0 bridgehead atoms. The zero-order valence-corrected chi connectivity index (χ0v) is 5.02. The maximum absolute atomic E-state index is 9.53. The summed E-state index contributed by atoms with van der Waals surface area (Å²) < 4.78 is 0. The zero-order chi connectivity index (χ0) is 7.23. The third kappa shape index (κ3) is 1.69. The highest BCUT2D eigenvalue weighted by Gasteiger charge is 1.87. The van der Waals surface area contributed by atoms with Gasteiger partial charge in [0.15, 0.2) is 0 Å². The summed E-state index contributed by atoms with van der Waals surface area (Å²) in [7, 11) is 0. The normalized spacial score (nSPS) is 8.00. The molecule has 0 radical (unpaired) electrons. The van der Waals surface area contributed by atoms with Gasteiger partial charge in [-0.15, -0.1) is 0 Å². The molecular weight excluding hydrogens is 132 g/mol. The molecule has 0 fully saturated rings. The molecule has 4 heteroatoms. The summed E-state index contributed by atoms with van der Waals surface area (Å²) in [6.07, 6.45) is 2.77. The lowest BCUT2D eigenvalue weighted by Gasteiger charge is -1.89. The summed E-state index contributed by atoms with van der Waals surface area (Å²) in [5.41, 5.74) is 0. The Morgan fingerprint density at radius 2 is 2.50 bits per heavy atom. The van der Waals surface area contributed by atoms with Gasteiger partial charge in [0, 0.05) is 17.4 Å². The van der Waals surface area contributed by atoms with E-state index in [9.17, 15) is 4.79 Å². The van der Waals surface area contributed by atoms with Gasteiger partial charge in [-0.1, -0.05) is 6.07 Å². The lowest BCUT2D eigenvalue weighted by molar-refractivity contribution is 0.323. The molecule has 0 aliphatic carbocycles.